The number of carbonyl (C=O) groups excluding carboxylic acids is 1. The average Bonchev–Trinajstić information content (AvgIpc) is 2.46. The molecule has 0 aliphatic carbocycles. The average molecular weight is 312 g/mol. The van der Waals surface area contributed by atoms with Gasteiger partial charge in [-0.25, -0.2) is 0 Å². The smallest absolute Gasteiger partial charge is 0.308 e. The van der Waals surface area contributed by atoms with Crippen LogP contribution in [0, 0.1) is 12.8 Å². The third-order valence-electron chi connectivity index (χ3n) is 3.61. The number of amides is 1. The topological polar surface area (TPSA) is 66.8 Å². The Morgan fingerprint density at radius 3 is 2.90 bits per heavy atom. The van der Waals surface area contributed by atoms with E-state index in [0.717, 1.165) is 5.56 Å². The number of hydrogen-bond donors (Lipinski definition) is 1. The van der Waals surface area contributed by atoms with Gasteiger partial charge in [0, 0.05) is 18.1 Å². The van der Waals surface area contributed by atoms with Crippen molar-refractivity contribution in [3.8, 4) is 5.75 Å². The van der Waals surface area contributed by atoms with Crippen molar-refractivity contribution < 1.29 is 19.4 Å². The third-order valence-corrected chi connectivity index (χ3v) is 3.85. The Labute approximate surface area is 128 Å². The predicted molar refractivity (Wildman–Crippen MR) is 78.6 cm³/mol. The molecule has 0 radical (unpaired) electrons. The Morgan fingerprint density at radius 1 is 1.48 bits per heavy atom. The number of rotatable bonds is 4. The Bertz CT molecular complexity index is 546. The van der Waals surface area contributed by atoms with Crippen LogP contribution in [-0.2, 0) is 9.59 Å². The molecule has 0 bridgehead atoms. The summed E-state index contributed by atoms with van der Waals surface area (Å²) in [6, 6.07) is 5.19. The van der Waals surface area contributed by atoms with Gasteiger partial charge in [-0.1, -0.05) is 11.6 Å². The van der Waals surface area contributed by atoms with Crippen LogP contribution in [0.3, 0.4) is 0 Å². The van der Waals surface area contributed by atoms with Crippen LogP contribution in [0.1, 0.15) is 18.4 Å². The van der Waals surface area contributed by atoms with Crippen molar-refractivity contribution in [3.05, 3.63) is 28.8 Å². The fourth-order valence-electron chi connectivity index (χ4n) is 2.41. The molecule has 5 nitrogen and oxygen atoms in total. The van der Waals surface area contributed by atoms with Gasteiger partial charge in [-0.15, -0.1) is 0 Å². The van der Waals surface area contributed by atoms with Crippen LogP contribution in [0.4, 0.5) is 0 Å². The maximum absolute atomic E-state index is 12.1. The highest BCUT2D eigenvalue weighted by Gasteiger charge is 2.28. The van der Waals surface area contributed by atoms with Crippen molar-refractivity contribution in [1.82, 2.24) is 4.90 Å². The number of hydrogen-bond acceptors (Lipinski definition) is 3. The molecule has 0 saturated carbocycles. The lowest BCUT2D eigenvalue weighted by atomic mass is 9.98. The molecule has 6 heteroatoms. The Balaban J connectivity index is 1.90. The minimum Gasteiger partial charge on any atom is -0.483 e. The first kappa shape index (κ1) is 15.6. The van der Waals surface area contributed by atoms with Gasteiger partial charge in [0.25, 0.3) is 5.91 Å². The highest BCUT2D eigenvalue weighted by molar-refractivity contribution is 6.30. The molecule has 1 saturated heterocycles. The van der Waals surface area contributed by atoms with Gasteiger partial charge in [0.05, 0.1) is 5.92 Å². The van der Waals surface area contributed by atoms with Crippen molar-refractivity contribution in [2.24, 2.45) is 5.92 Å². The molecule has 2 rings (SSSR count). The summed E-state index contributed by atoms with van der Waals surface area (Å²) in [5, 5.41) is 9.64. The zero-order chi connectivity index (χ0) is 15.4. The summed E-state index contributed by atoms with van der Waals surface area (Å²) in [5.74, 6) is -0.892. The van der Waals surface area contributed by atoms with Gasteiger partial charge in [-0.05, 0) is 43.5 Å². The lowest BCUT2D eigenvalue weighted by Gasteiger charge is -2.30. The summed E-state index contributed by atoms with van der Waals surface area (Å²) in [6.45, 7) is 2.62. The molecule has 1 aromatic carbocycles. The highest BCUT2D eigenvalue weighted by Crippen LogP contribution is 2.22. The zero-order valence-electron chi connectivity index (χ0n) is 11.8. The van der Waals surface area contributed by atoms with E-state index in [4.69, 9.17) is 21.4 Å². The van der Waals surface area contributed by atoms with E-state index < -0.39 is 11.9 Å². The van der Waals surface area contributed by atoms with Gasteiger partial charge in [0.15, 0.2) is 6.61 Å². The monoisotopic (exact) mass is 311 g/mol. The van der Waals surface area contributed by atoms with Gasteiger partial charge in [-0.3, -0.25) is 9.59 Å². The summed E-state index contributed by atoms with van der Waals surface area (Å²) >= 11 is 5.86. The standard InChI is InChI=1S/C15H18ClNO4/c1-10-7-12(16)4-5-13(10)21-9-14(18)17-6-2-3-11(8-17)15(19)20/h4-5,7,11H,2-3,6,8-9H2,1H3,(H,19,20)/t11-/m1/s1. The summed E-state index contributed by atoms with van der Waals surface area (Å²) in [4.78, 5) is 24.7. The van der Waals surface area contributed by atoms with Crippen LogP contribution in [0.5, 0.6) is 5.75 Å². The van der Waals surface area contributed by atoms with Crippen LogP contribution >= 0.6 is 11.6 Å². The number of carboxylic acids is 1. The van der Waals surface area contributed by atoms with Crippen molar-refractivity contribution in [3.63, 3.8) is 0 Å². The first-order valence-corrected chi connectivity index (χ1v) is 7.24. The molecule has 1 atom stereocenters. The maximum Gasteiger partial charge on any atom is 0.308 e. The van der Waals surface area contributed by atoms with E-state index in [1.54, 1.807) is 23.1 Å². The van der Waals surface area contributed by atoms with E-state index >= 15 is 0 Å². The van der Waals surface area contributed by atoms with Crippen molar-refractivity contribution in [2.75, 3.05) is 19.7 Å². The molecule has 21 heavy (non-hydrogen) atoms. The number of benzene rings is 1. The van der Waals surface area contributed by atoms with Crippen molar-refractivity contribution in [1.29, 1.82) is 0 Å². The van der Waals surface area contributed by atoms with Gasteiger partial charge in [0.1, 0.15) is 5.75 Å². The van der Waals surface area contributed by atoms with Crippen LogP contribution in [0.2, 0.25) is 5.02 Å². The lowest BCUT2D eigenvalue weighted by molar-refractivity contribution is -0.146. The quantitative estimate of drug-likeness (QED) is 0.927. The molecular formula is C15H18ClNO4. The summed E-state index contributed by atoms with van der Waals surface area (Å²) < 4.78 is 5.51. The molecular weight excluding hydrogens is 294 g/mol. The van der Waals surface area contributed by atoms with Crippen LogP contribution in [-0.4, -0.2) is 41.6 Å². The highest BCUT2D eigenvalue weighted by atomic mass is 35.5. The summed E-state index contributed by atoms with van der Waals surface area (Å²) in [5.41, 5.74) is 0.859. The van der Waals surface area contributed by atoms with E-state index in [9.17, 15) is 9.59 Å². The van der Waals surface area contributed by atoms with E-state index in [1.165, 1.54) is 0 Å². The van der Waals surface area contributed by atoms with Gasteiger partial charge < -0.3 is 14.7 Å². The molecule has 114 valence electrons. The summed E-state index contributed by atoms with van der Waals surface area (Å²) in [6.07, 6.45) is 1.33. The van der Waals surface area contributed by atoms with Crippen molar-refractivity contribution in [2.45, 2.75) is 19.8 Å². The molecule has 1 aliphatic heterocycles. The van der Waals surface area contributed by atoms with E-state index in [2.05, 4.69) is 0 Å². The Kier molecular flexibility index (Phi) is 5.07. The van der Waals surface area contributed by atoms with Crippen molar-refractivity contribution >= 4 is 23.5 Å². The number of halogens is 1. The number of likely N-dealkylation sites (tertiary alicyclic amines) is 1. The molecule has 1 heterocycles. The summed E-state index contributed by atoms with van der Waals surface area (Å²) in [7, 11) is 0. The Morgan fingerprint density at radius 2 is 2.24 bits per heavy atom. The molecule has 0 aromatic heterocycles. The minimum absolute atomic E-state index is 0.0885. The first-order valence-electron chi connectivity index (χ1n) is 6.87. The molecule has 1 N–H and O–H groups in total. The van der Waals surface area contributed by atoms with Crippen LogP contribution in [0.15, 0.2) is 18.2 Å². The van der Waals surface area contributed by atoms with E-state index in [0.29, 0.717) is 30.2 Å². The molecule has 0 unspecified atom stereocenters. The number of nitrogens with zero attached hydrogens (tertiary/aromatic N) is 1. The molecule has 1 fully saturated rings. The van der Waals surface area contributed by atoms with E-state index in [-0.39, 0.29) is 19.1 Å². The van der Waals surface area contributed by atoms with E-state index in [1.807, 2.05) is 6.92 Å². The third kappa shape index (κ3) is 4.11. The van der Waals surface area contributed by atoms with Gasteiger partial charge >= 0.3 is 5.97 Å². The van der Waals surface area contributed by atoms with Gasteiger partial charge in [0.2, 0.25) is 0 Å². The van der Waals surface area contributed by atoms with Gasteiger partial charge in [-0.2, -0.15) is 0 Å². The van der Waals surface area contributed by atoms with Crippen LogP contribution in [0.25, 0.3) is 0 Å². The number of aryl methyl sites for hydroxylation is 1. The number of ether oxygens (including phenoxy) is 1. The maximum atomic E-state index is 12.1. The number of carboxylic acid groups (broad SMARTS) is 1. The molecule has 1 aliphatic rings. The van der Waals surface area contributed by atoms with Crippen LogP contribution < -0.4 is 4.74 Å². The largest absolute Gasteiger partial charge is 0.483 e. The zero-order valence-corrected chi connectivity index (χ0v) is 12.6. The second-order valence-electron chi connectivity index (χ2n) is 5.22. The molecule has 1 aromatic rings. The first-order chi connectivity index (χ1) is 9.97. The molecule has 1 amide bonds. The molecule has 0 spiro atoms. The normalized spacial score (nSPS) is 18.4. The predicted octanol–water partition coefficient (Wildman–Crippen LogP) is 2.35. The number of aliphatic carboxylic acids is 1. The fourth-order valence-corrected chi connectivity index (χ4v) is 2.64. The second-order valence-corrected chi connectivity index (χ2v) is 5.65. The lowest BCUT2D eigenvalue weighted by Crippen LogP contribution is -2.44. The SMILES string of the molecule is Cc1cc(Cl)ccc1OCC(=O)N1CCC[C@@H](C(=O)O)C1. The number of carbonyl (C=O) groups is 2. The fraction of sp³-hybridized carbons (Fsp3) is 0.467. The number of piperidine rings is 1. The second kappa shape index (κ2) is 6.80. The Hall–Kier alpha value is -1.75. The minimum atomic E-state index is -0.845.